The summed E-state index contributed by atoms with van der Waals surface area (Å²) in [7, 11) is 0. The van der Waals surface area contributed by atoms with Crippen LogP contribution >= 0.6 is 0 Å². The van der Waals surface area contributed by atoms with E-state index in [4.69, 9.17) is 0 Å². The number of anilines is 2. The predicted octanol–water partition coefficient (Wildman–Crippen LogP) is 3.76. The second kappa shape index (κ2) is 7.23. The molecule has 5 nitrogen and oxygen atoms in total. The maximum atomic E-state index is 9.80. The van der Waals surface area contributed by atoms with Crippen molar-refractivity contribution in [2.24, 2.45) is 0 Å². The lowest BCUT2D eigenvalue weighted by molar-refractivity contribution is 0.199. The Labute approximate surface area is 155 Å². The van der Waals surface area contributed by atoms with E-state index in [1.165, 1.54) is 36.8 Å². The van der Waals surface area contributed by atoms with Gasteiger partial charge in [0.2, 0.25) is 0 Å². The molecule has 1 saturated carbocycles. The highest BCUT2D eigenvalue weighted by Crippen LogP contribution is 2.28. The number of benzene rings is 1. The molecule has 138 valence electrons. The molecule has 0 radical (unpaired) electrons. The lowest BCUT2D eigenvalue weighted by atomic mass is 9.96. The SMILES string of the molecule is Cc1nc(NC2CCCC2)cc(N2CCc3cc([C@@H](C)O)ccc3C2)n1. The van der Waals surface area contributed by atoms with Crippen LogP contribution in [0, 0.1) is 6.92 Å². The Hall–Kier alpha value is -2.14. The minimum Gasteiger partial charge on any atom is -0.389 e. The number of hydrogen-bond donors (Lipinski definition) is 2. The smallest absolute Gasteiger partial charge is 0.134 e. The Morgan fingerprint density at radius 2 is 1.96 bits per heavy atom. The van der Waals surface area contributed by atoms with E-state index in [-0.39, 0.29) is 0 Å². The van der Waals surface area contributed by atoms with Crippen LogP contribution in [0.5, 0.6) is 0 Å². The van der Waals surface area contributed by atoms with Gasteiger partial charge in [-0.15, -0.1) is 0 Å². The molecular weight excluding hydrogens is 324 g/mol. The number of hydrogen-bond acceptors (Lipinski definition) is 5. The average molecular weight is 352 g/mol. The fourth-order valence-corrected chi connectivity index (χ4v) is 4.10. The van der Waals surface area contributed by atoms with Crippen molar-refractivity contribution in [3.8, 4) is 0 Å². The lowest BCUT2D eigenvalue weighted by Crippen LogP contribution is -2.31. The summed E-state index contributed by atoms with van der Waals surface area (Å²) in [6.45, 7) is 5.58. The van der Waals surface area contributed by atoms with Crippen LogP contribution in [-0.4, -0.2) is 27.7 Å². The van der Waals surface area contributed by atoms with Crippen molar-refractivity contribution in [1.82, 2.24) is 9.97 Å². The molecule has 1 fully saturated rings. The molecule has 0 saturated heterocycles. The average Bonchev–Trinajstić information content (AvgIpc) is 3.13. The molecule has 1 aliphatic carbocycles. The molecule has 2 aliphatic rings. The molecule has 0 amide bonds. The first-order valence-corrected chi connectivity index (χ1v) is 9.75. The lowest BCUT2D eigenvalue weighted by Gasteiger charge is -2.30. The maximum absolute atomic E-state index is 9.80. The molecule has 4 rings (SSSR count). The van der Waals surface area contributed by atoms with Gasteiger partial charge in [-0.25, -0.2) is 9.97 Å². The quantitative estimate of drug-likeness (QED) is 0.877. The number of aryl methyl sites for hydroxylation is 1. The van der Waals surface area contributed by atoms with Crippen molar-refractivity contribution < 1.29 is 5.11 Å². The van der Waals surface area contributed by atoms with Crippen LogP contribution in [0.1, 0.15) is 61.2 Å². The van der Waals surface area contributed by atoms with Gasteiger partial charge in [0.15, 0.2) is 0 Å². The van der Waals surface area contributed by atoms with E-state index >= 15 is 0 Å². The molecular formula is C21H28N4O. The summed E-state index contributed by atoms with van der Waals surface area (Å²) in [4.78, 5) is 11.6. The first kappa shape index (κ1) is 17.3. The van der Waals surface area contributed by atoms with Crippen molar-refractivity contribution in [3.63, 3.8) is 0 Å². The van der Waals surface area contributed by atoms with E-state index in [0.29, 0.717) is 6.04 Å². The Kier molecular flexibility index (Phi) is 4.81. The Balaban J connectivity index is 1.53. The normalized spacial score (nSPS) is 18.7. The van der Waals surface area contributed by atoms with E-state index in [1.807, 2.05) is 19.9 Å². The molecule has 1 aliphatic heterocycles. The summed E-state index contributed by atoms with van der Waals surface area (Å²) in [5, 5.41) is 13.4. The molecule has 2 N–H and O–H groups in total. The molecule has 0 unspecified atom stereocenters. The monoisotopic (exact) mass is 352 g/mol. The Bertz CT molecular complexity index is 784. The van der Waals surface area contributed by atoms with Gasteiger partial charge in [-0.3, -0.25) is 0 Å². The van der Waals surface area contributed by atoms with Gasteiger partial charge in [0.1, 0.15) is 17.5 Å². The van der Waals surface area contributed by atoms with Crippen molar-refractivity contribution in [2.75, 3.05) is 16.8 Å². The zero-order valence-electron chi connectivity index (χ0n) is 15.7. The molecule has 2 heterocycles. The van der Waals surface area contributed by atoms with E-state index in [1.54, 1.807) is 0 Å². The molecule has 2 aromatic rings. The van der Waals surface area contributed by atoms with Gasteiger partial charge in [0.05, 0.1) is 6.10 Å². The molecule has 0 spiro atoms. The minimum atomic E-state index is -0.410. The van der Waals surface area contributed by atoms with Crippen LogP contribution in [0.4, 0.5) is 11.6 Å². The number of rotatable bonds is 4. The van der Waals surface area contributed by atoms with Crippen LogP contribution in [0.15, 0.2) is 24.3 Å². The van der Waals surface area contributed by atoms with Crippen molar-refractivity contribution in [1.29, 1.82) is 0 Å². The summed E-state index contributed by atoms with van der Waals surface area (Å²) in [5.41, 5.74) is 3.66. The van der Waals surface area contributed by atoms with Gasteiger partial charge in [0, 0.05) is 25.2 Å². The van der Waals surface area contributed by atoms with Gasteiger partial charge in [0.25, 0.3) is 0 Å². The summed E-state index contributed by atoms with van der Waals surface area (Å²) in [6.07, 6.45) is 5.66. The highest BCUT2D eigenvalue weighted by Gasteiger charge is 2.20. The Morgan fingerprint density at radius 3 is 2.73 bits per heavy atom. The molecule has 0 bridgehead atoms. The van der Waals surface area contributed by atoms with E-state index in [0.717, 1.165) is 42.5 Å². The van der Waals surface area contributed by atoms with Gasteiger partial charge in [-0.05, 0) is 49.8 Å². The predicted molar refractivity (Wildman–Crippen MR) is 104 cm³/mol. The highest BCUT2D eigenvalue weighted by molar-refractivity contribution is 5.52. The van der Waals surface area contributed by atoms with Crippen LogP contribution in [0.3, 0.4) is 0 Å². The van der Waals surface area contributed by atoms with E-state index < -0.39 is 6.10 Å². The largest absolute Gasteiger partial charge is 0.389 e. The third-order valence-electron chi connectivity index (χ3n) is 5.58. The number of aromatic nitrogens is 2. The van der Waals surface area contributed by atoms with Gasteiger partial charge in [-0.2, -0.15) is 0 Å². The molecule has 1 atom stereocenters. The molecule has 5 heteroatoms. The van der Waals surface area contributed by atoms with Crippen LogP contribution in [0.25, 0.3) is 0 Å². The number of nitrogens with zero attached hydrogens (tertiary/aromatic N) is 3. The van der Waals surface area contributed by atoms with Gasteiger partial charge in [-0.1, -0.05) is 31.0 Å². The van der Waals surface area contributed by atoms with Crippen molar-refractivity contribution in [2.45, 2.75) is 64.6 Å². The first-order chi connectivity index (χ1) is 12.6. The molecule has 1 aromatic carbocycles. The summed E-state index contributed by atoms with van der Waals surface area (Å²) < 4.78 is 0. The fraction of sp³-hybridized carbons (Fsp3) is 0.524. The Morgan fingerprint density at radius 1 is 1.15 bits per heavy atom. The molecule has 26 heavy (non-hydrogen) atoms. The number of aliphatic hydroxyl groups is 1. The fourth-order valence-electron chi connectivity index (χ4n) is 4.10. The van der Waals surface area contributed by atoms with E-state index in [2.05, 4.69) is 38.4 Å². The molecule has 1 aromatic heterocycles. The summed E-state index contributed by atoms with van der Waals surface area (Å²) in [5.74, 6) is 2.77. The second-order valence-corrected chi connectivity index (χ2v) is 7.66. The van der Waals surface area contributed by atoms with Crippen molar-refractivity contribution >= 4 is 11.6 Å². The number of aliphatic hydroxyl groups excluding tert-OH is 1. The zero-order valence-corrected chi connectivity index (χ0v) is 15.7. The maximum Gasteiger partial charge on any atom is 0.134 e. The third-order valence-corrected chi connectivity index (χ3v) is 5.58. The standard InChI is InChI=1S/C21H28N4O/c1-14(26)16-7-8-18-13-25(10-9-17(18)11-16)21-12-20(22-15(2)23-21)24-19-5-3-4-6-19/h7-8,11-12,14,19,26H,3-6,9-10,13H2,1-2H3,(H,22,23,24)/t14-/m1/s1. The zero-order chi connectivity index (χ0) is 18.1. The van der Waals surface area contributed by atoms with Gasteiger partial charge < -0.3 is 15.3 Å². The van der Waals surface area contributed by atoms with E-state index in [9.17, 15) is 5.11 Å². The highest BCUT2D eigenvalue weighted by atomic mass is 16.3. The number of nitrogens with one attached hydrogen (secondary N) is 1. The topological polar surface area (TPSA) is 61.3 Å². The second-order valence-electron chi connectivity index (χ2n) is 7.66. The van der Waals surface area contributed by atoms with Crippen LogP contribution in [-0.2, 0) is 13.0 Å². The third kappa shape index (κ3) is 3.68. The van der Waals surface area contributed by atoms with Crippen LogP contribution in [0.2, 0.25) is 0 Å². The van der Waals surface area contributed by atoms with Crippen molar-refractivity contribution in [3.05, 3.63) is 46.8 Å². The summed E-state index contributed by atoms with van der Waals surface area (Å²) >= 11 is 0. The summed E-state index contributed by atoms with van der Waals surface area (Å²) in [6, 6.07) is 8.98. The number of fused-ring (bicyclic) bond motifs is 1. The first-order valence-electron chi connectivity index (χ1n) is 9.75. The van der Waals surface area contributed by atoms with Crippen LogP contribution < -0.4 is 10.2 Å². The minimum absolute atomic E-state index is 0.410. The van der Waals surface area contributed by atoms with Gasteiger partial charge >= 0.3 is 0 Å².